The highest BCUT2D eigenvalue weighted by Gasteiger charge is 2.31. The number of ether oxygens (including phenoxy) is 3. The molecule has 1 heterocycles. The van der Waals surface area contributed by atoms with Crippen molar-refractivity contribution >= 4 is 5.97 Å². The lowest BCUT2D eigenvalue weighted by Gasteiger charge is -2.33. The summed E-state index contributed by atoms with van der Waals surface area (Å²) in [5.41, 5.74) is 0.568. The second-order valence-corrected chi connectivity index (χ2v) is 4.39. The van der Waals surface area contributed by atoms with Gasteiger partial charge in [0, 0.05) is 13.5 Å². The third-order valence-corrected chi connectivity index (χ3v) is 3.11. The van der Waals surface area contributed by atoms with Crippen molar-refractivity contribution in [2.45, 2.75) is 38.3 Å². The average Bonchev–Trinajstić information content (AvgIpc) is 2.42. The van der Waals surface area contributed by atoms with Crippen LogP contribution < -0.4 is 0 Å². The second-order valence-electron chi connectivity index (χ2n) is 4.39. The van der Waals surface area contributed by atoms with Crippen LogP contribution in [0.4, 0.5) is 0 Å². The van der Waals surface area contributed by atoms with Crippen molar-refractivity contribution in [2.75, 3.05) is 7.11 Å². The molecule has 98 valence electrons. The average molecular weight is 250 g/mol. The molecule has 2 rings (SSSR count). The zero-order valence-electron chi connectivity index (χ0n) is 10.7. The summed E-state index contributed by atoms with van der Waals surface area (Å²) in [6.45, 7) is 1.90. The Kier molecular flexibility index (Phi) is 4.33. The van der Waals surface area contributed by atoms with Crippen molar-refractivity contribution in [2.24, 2.45) is 0 Å². The molecule has 18 heavy (non-hydrogen) atoms. The molecule has 1 unspecified atom stereocenters. The van der Waals surface area contributed by atoms with Gasteiger partial charge >= 0.3 is 5.97 Å². The summed E-state index contributed by atoms with van der Waals surface area (Å²) in [5, 5.41) is 0. The van der Waals surface area contributed by atoms with Crippen molar-refractivity contribution in [1.29, 1.82) is 0 Å². The minimum absolute atomic E-state index is 0.142. The molecule has 4 nitrogen and oxygen atoms in total. The third-order valence-electron chi connectivity index (χ3n) is 3.11. The minimum atomic E-state index is -0.299. The van der Waals surface area contributed by atoms with E-state index in [-0.39, 0.29) is 24.5 Å². The quantitative estimate of drug-likeness (QED) is 0.773. The summed E-state index contributed by atoms with van der Waals surface area (Å²) in [6.07, 6.45) is 0.971. The first-order valence-corrected chi connectivity index (χ1v) is 6.15. The maximum atomic E-state index is 11.9. The lowest BCUT2D eigenvalue weighted by molar-refractivity contribution is -0.206. The molecule has 0 spiro atoms. The van der Waals surface area contributed by atoms with E-state index in [1.165, 1.54) is 0 Å². The van der Waals surface area contributed by atoms with Crippen LogP contribution in [-0.2, 0) is 14.2 Å². The van der Waals surface area contributed by atoms with Crippen LogP contribution in [-0.4, -0.2) is 31.6 Å². The predicted molar refractivity (Wildman–Crippen MR) is 66.2 cm³/mol. The molecule has 0 radical (unpaired) electrons. The molecule has 0 saturated carbocycles. The minimum Gasteiger partial charge on any atom is -0.456 e. The van der Waals surface area contributed by atoms with E-state index in [4.69, 9.17) is 14.2 Å². The summed E-state index contributed by atoms with van der Waals surface area (Å²) in [5.74, 6) is -0.299. The highest BCUT2D eigenvalue weighted by atomic mass is 16.7. The Morgan fingerprint density at radius 1 is 1.28 bits per heavy atom. The Morgan fingerprint density at radius 2 is 2.00 bits per heavy atom. The SMILES string of the molecule is COC1CC[C@H](OC(=O)c2ccccc2)[C@@H](C)O1. The van der Waals surface area contributed by atoms with Gasteiger partial charge in [0.15, 0.2) is 6.29 Å². The maximum Gasteiger partial charge on any atom is 0.338 e. The van der Waals surface area contributed by atoms with E-state index in [1.54, 1.807) is 19.2 Å². The fourth-order valence-corrected chi connectivity index (χ4v) is 2.04. The molecule has 0 amide bonds. The summed E-state index contributed by atoms with van der Waals surface area (Å²) >= 11 is 0. The van der Waals surface area contributed by atoms with Gasteiger partial charge in [-0.3, -0.25) is 0 Å². The van der Waals surface area contributed by atoms with Crippen LogP contribution >= 0.6 is 0 Å². The number of hydrogen-bond donors (Lipinski definition) is 0. The Morgan fingerprint density at radius 3 is 2.61 bits per heavy atom. The zero-order valence-corrected chi connectivity index (χ0v) is 10.7. The number of carbonyl (C=O) groups is 1. The summed E-state index contributed by atoms with van der Waals surface area (Å²) in [6, 6.07) is 8.99. The summed E-state index contributed by atoms with van der Waals surface area (Å²) < 4.78 is 16.2. The van der Waals surface area contributed by atoms with E-state index >= 15 is 0 Å². The summed E-state index contributed by atoms with van der Waals surface area (Å²) in [4.78, 5) is 11.9. The highest BCUT2D eigenvalue weighted by Crippen LogP contribution is 2.23. The fraction of sp³-hybridized carbons (Fsp3) is 0.500. The van der Waals surface area contributed by atoms with E-state index in [0.717, 1.165) is 12.8 Å². The number of carbonyl (C=O) groups excluding carboxylic acids is 1. The molecule has 4 heteroatoms. The molecule has 0 N–H and O–H groups in total. The van der Waals surface area contributed by atoms with Gasteiger partial charge in [-0.2, -0.15) is 0 Å². The Labute approximate surface area is 107 Å². The molecule has 1 aliphatic heterocycles. The van der Waals surface area contributed by atoms with Crippen LogP contribution in [0.1, 0.15) is 30.1 Å². The van der Waals surface area contributed by atoms with Crippen LogP contribution in [0.3, 0.4) is 0 Å². The molecule has 1 fully saturated rings. The van der Waals surface area contributed by atoms with Gasteiger partial charge in [-0.05, 0) is 25.5 Å². The standard InChI is InChI=1S/C14H18O4/c1-10-12(8-9-13(16-2)17-10)18-14(15)11-6-4-3-5-7-11/h3-7,10,12-13H,8-9H2,1-2H3/t10-,12+,13?/m1/s1. The first-order chi connectivity index (χ1) is 8.70. The Hall–Kier alpha value is -1.39. The first kappa shape index (κ1) is 13.1. The molecule has 3 atom stereocenters. The molecule has 1 aromatic carbocycles. The van der Waals surface area contributed by atoms with E-state index < -0.39 is 0 Å². The monoisotopic (exact) mass is 250 g/mol. The second kappa shape index (κ2) is 5.98. The molecule has 0 bridgehead atoms. The van der Waals surface area contributed by atoms with Crippen LogP contribution in [0.5, 0.6) is 0 Å². The number of rotatable bonds is 3. The van der Waals surface area contributed by atoms with E-state index in [2.05, 4.69) is 0 Å². The van der Waals surface area contributed by atoms with Crippen molar-refractivity contribution < 1.29 is 19.0 Å². The van der Waals surface area contributed by atoms with Crippen molar-refractivity contribution in [1.82, 2.24) is 0 Å². The zero-order chi connectivity index (χ0) is 13.0. The molecule has 0 aliphatic carbocycles. The number of esters is 1. The smallest absolute Gasteiger partial charge is 0.338 e. The van der Waals surface area contributed by atoms with Crippen molar-refractivity contribution in [3.63, 3.8) is 0 Å². The maximum absolute atomic E-state index is 11.9. The largest absolute Gasteiger partial charge is 0.456 e. The molecular formula is C14H18O4. The first-order valence-electron chi connectivity index (χ1n) is 6.15. The van der Waals surface area contributed by atoms with Gasteiger partial charge in [0.2, 0.25) is 0 Å². The van der Waals surface area contributed by atoms with Gasteiger partial charge in [-0.25, -0.2) is 4.79 Å². The van der Waals surface area contributed by atoms with E-state index in [9.17, 15) is 4.79 Å². The van der Waals surface area contributed by atoms with Crippen LogP contribution in [0.25, 0.3) is 0 Å². The van der Waals surface area contributed by atoms with Crippen molar-refractivity contribution in [3.05, 3.63) is 35.9 Å². The third kappa shape index (κ3) is 3.09. The lowest BCUT2D eigenvalue weighted by Crippen LogP contribution is -2.40. The Bertz CT molecular complexity index is 390. The van der Waals surface area contributed by atoms with Gasteiger partial charge in [-0.15, -0.1) is 0 Å². The molecular weight excluding hydrogens is 232 g/mol. The lowest BCUT2D eigenvalue weighted by atomic mass is 10.1. The molecule has 1 aliphatic rings. The summed E-state index contributed by atoms with van der Waals surface area (Å²) in [7, 11) is 1.62. The van der Waals surface area contributed by atoms with Gasteiger partial charge in [0.25, 0.3) is 0 Å². The highest BCUT2D eigenvalue weighted by molar-refractivity contribution is 5.89. The molecule has 0 aromatic heterocycles. The number of hydrogen-bond acceptors (Lipinski definition) is 4. The number of benzene rings is 1. The number of methoxy groups -OCH3 is 1. The van der Waals surface area contributed by atoms with Crippen LogP contribution in [0.15, 0.2) is 30.3 Å². The van der Waals surface area contributed by atoms with E-state index in [1.807, 2.05) is 25.1 Å². The topological polar surface area (TPSA) is 44.8 Å². The fourth-order valence-electron chi connectivity index (χ4n) is 2.04. The Balaban J connectivity index is 1.92. The van der Waals surface area contributed by atoms with Crippen molar-refractivity contribution in [3.8, 4) is 0 Å². The van der Waals surface area contributed by atoms with Gasteiger partial charge in [0.05, 0.1) is 11.7 Å². The predicted octanol–water partition coefficient (Wildman–Crippen LogP) is 2.38. The van der Waals surface area contributed by atoms with Gasteiger partial charge in [0.1, 0.15) is 6.10 Å². The van der Waals surface area contributed by atoms with Crippen LogP contribution in [0.2, 0.25) is 0 Å². The normalized spacial score (nSPS) is 27.8. The molecule has 1 aromatic rings. The van der Waals surface area contributed by atoms with Gasteiger partial charge < -0.3 is 14.2 Å². The van der Waals surface area contributed by atoms with Gasteiger partial charge in [-0.1, -0.05) is 18.2 Å². The van der Waals surface area contributed by atoms with E-state index in [0.29, 0.717) is 5.56 Å². The molecule has 1 saturated heterocycles. The van der Waals surface area contributed by atoms with Crippen LogP contribution in [0, 0.1) is 0 Å².